The number of rotatable bonds is 5. The molecular formula is C20H26N4O3. The minimum Gasteiger partial charge on any atom is -0.393 e. The van der Waals surface area contributed by atoms with Crippen molar-refractivity contribution in [2.45, 2.75) is 37.5 Å². The van der Waals surface area contributed by atoms with Gasteiger partial charge in [-0.1, -0.05) is 30.3 Å². The molecule has 4 rings (SSSR count). The zero-order valence-electron chi connectivity index (χ0n) is 15.6. The van der Waals surface area contributed by atoms with E-state index in [1.54, 1.807) is 13.1 Å². The molecule has 1 aromatic carbocycles. The number of nitrogens with zero attached hydrogens (tertiary/aromatic N) is 1. The SMILES string of the molecule is CNC(=O)C1=CC(C(N)=O)(C2[C@H]3CC(O)C[C@@H]23)N([C@@H](C)c2ccccc2)N1. The Labute approximate surface area is 158 Å². The Morgan fingerprint density at radius 2 is 1.93 bits per heavy atom. The third-order valence-electron chi connectivity index (χ3n) is 6.47. The van der Waals surface area contributed by atoms with Gasteiger partial charge in [-0.15, -0.1) is 0 Å². The molecule has 2 fully saturated rings. The fraction of sp³-hybridized carbons (Fsp3) is 0.500. The van der Waals surface area contributed by atoms with Gasteiger partial charge in [0.05, 0.1) is 12.1 Å². The van der Waals surface area contributed by atoms with Crippen LogP contribution in [-0.4, -0.2) is 40.6 Å². The van der Waals surface area contributed by atoms with Gasteiger partial charge in [0.1, 0.15) is 11.2 Å². The molecule has 6 atom stereocenters. The quantitative estimate of drug-likeness (QED) is 0.602. The van der Waals surface area contributed by atoms with Crippen LogP contribution in [0.3, 0.4) is 0 Å². The van der Waals surface area contributed by atoms with Gasteiger partial charge in [-0.2, -0.15) is 5.01 Å². The summed E-state index contributed by atoms with van der Waals surface area (Å²) in [5.41, 5.74) is 9.38. The standard InChI is InChI=1S/C20H26N4O3/c1-11(12-6-4-3-5-7-12)24-20(19(21)27,10-16(23-24)18(26)22-2)17-14-8-13(25)9-15(14)17/h3-7,10-11,13-15,17,23,25H,8-9H2,1-2H3,(H2,21,27)(H,22,26)/t11-,13?,14-,15+,17?,20?/m0/s1. The van der Waals surface area contributed by atoms with E-state index in [0.717, 1.165) is 5.56 Å². The molecule has 1 aromatic rings. The molecule has 3 aliphatic rings. The lowest BCUT2D eigenvalue weighted by molar-refractivity contribution is -0.132. The third kappa shape index (κ3) is 2.64. The van der Waals surface area contributed by atoms with Crippen LogP contribution in [0.5, 0.6) is 0 Å². The summed E-state index contributed by atoms with van der Waals surface area (Å²) in [6.07, 6.45) is 2.75. The van der Waals surface area contributed by atoms with Gasteiger partial charge in [-0.25, -0.2) is 0 Å². The number of primary amides is 1. The highest BCUT2D eigenvalue weighted by molar-refractivity contribution is 5.97. The van der Waals surface area contributed by atoms with Crippen LogP contribution in [0.15, 0.2) is 42.1 Å². The highest BCUT2D eigenvalue weighted by Gasteiger charge is 2.69. The van der Waals surface area contributed by atoms with Crippen molar-refractivity contribution in [3.05, 3.63) is 47.7 Å². The molecule has 3 unspecified atom stereocenters. The number of nitrogens with one attached hydrogen (secondary N) is 2. The van der Waals surface area contributed by atoms with Crippen LogP contribution < -0.4 is 16.5 Å². The first-order chi connectivity index (χ1) is 12.9. The van der Waals surface area contributed by atoms with E-state index in [9.17, 15) is 14.7 Å². The van der Waals surface area contributed by atoms with Crippen molar-refractivity contribution in [3.8, 4) is 0 Å². The van der Waals surface area contributed by atoms with E-state index >= 15 is 0 Å². The van der Waals surface area contributed by atoms with Gasteiger partial charge >= 0.3 is 0 Å². The van der Waals surface area contributed by atoms with E-state index in [1.165, 1.54) is 0 Å². The average molecular weight is 370 g/mol. The second-order valence-electron chi connectivity index (χ2n) is 7.87. The topological polar surface area (TPSA) is 108 Å². The summed E-state index contributed by atoms with van der Waals surface area (Å²) in [5.74, 6) is -0.251. The van der Waals surface area contributed by atoms with Crippen LogP contribution in [-0.2, 0) is 9.59 Å². The van der Waals surface area contributed by atoms with Crippen LogP contribution in [0.25, 0.3) is 0 Å². The first-order valence-electron chi connectivity index (χ1n) is 9.44. The lowest BCUT2D eigenvalue weighted by Gasteiger charge is -2.40. The number of amides is 2. The van der Waals surface area contributed by atoms with Crippen molar-refractivity contribution in [3.63, 3.8) is 0 Å². The van der Waals surface area contributed by atoms with Crippen molar-refractivity contribution in [1.29, 1.82) is 0 Å². The first-order valence-corrected chi connectivity index (χ1v) is 9.44. The molecule has 0 spiro atoms. The van der Waals surface area contributed by atoms with Crippen molar-refractivity contribution >= 4 is 11.8 Å². The average Bonchev–Trinajstić information content (AvgIpc) is 3.03. The summed E-state index contributed by atoms with van der Waals surface area (Å²) in [6.45, 7) is 1.99. The Morgan fingerprint density at radius 3 is 2.48 bits per heavy atom. The fourth-order valence-corrected chi connectivity index (χ4v) is 5.17. The first kappa shape index (κ1) is 18.0. The lowest BCUT2D eigenvalue weighted by atomic mass is 9.85. The second-order valence-corrected chi connectivity index (χ2v) is 7.87. The van der Waals surface area contributed by atoms with E-state index in [2.05, 4.69) is 10.7 Å². The number of hydrazine groups is 1. The third-order valence-corrected chi connectivity index (χ3v) is 6.47. The van der Waals surface area contributed by atoms with Crippen LogP contribution in [0, 0.1) is 17.8 Å². The summed E-state index contributed by atoms with van der Waals surface area (Å²) in [7, 11) is 1.56. The molecule has 0 saturated heterocycles. The van der Waals surface area contributed by atoms with E-state index in [0.29, 0.717) is 18.5 Å². The molecule has 5 N–H and O–H groups in total. The largest absolute Gasteiger partial charge is 0.393 e. The maximum atomic E-state index is 12.8. The molecule has 2 amide bonds. The maximum Gasteiger partial charge on any atom is 0.268 e. The van der Waals surface area contributed by atoms with Gasteiger partial charge in [0.15, 0.2) is 0 Å². The highest BCUT2D eigenvalue weighted by atomic mass is 16.3. The van der Waals surface area contributed by atoms with Gasteiger partial charge in [0.25, 0.3) is 5.91 Å². The summed E-state index contributed by atoms with van der Waals surface area (Å²) in [4.78, 5) is 25.1. The summed E-state index contributed by atoms with van der Waals surface area (Å²) in [6, 6.07) is 9.65. The Kier molecular flexibility index (Phi) is 4.24. The maximum absolute atomic E-state index is 12.8. The smallest absolute Gasteiger partial charge is 0.268 e. The normalized spacial score (nSPS) is 35.7. The Balaban J connectivity index is 1.75. The molecule has 1 heterocycles. The highest BCUT2D eigenvalue weighted by Crippen LogP contribution is 2.64. The van der Waals surface area contributed by atoms with Crippen LogP contribution in [0.2, 0.25) is 0 Å². The zero-order chi connectivity index (χ0) is 19.3. The molecule has 2 aliphatic carbocycles. The molecule has 0 radical (unpaired) electrons. The Morgan fingerprint density at radius 1 is 1.30 bits per heavy atom. The molecular weight excluding hydrogens is 344 g/mol. The van der Waals surface area contributed by atoms with Crippen LogP contribution >= 0.6 is 0 Å². The molecule has 27 heavy (non-hydrogen) atoms. The second kappa shape index (κ2) is 6.35. The lowest BCUT2D eigenvalue weighted by Crippen LogP contribution is -2.60. The fourth-order valence-electron chi connectivity index (χ4n) is 5.17. The summed E-state index contributed by atoms with van der Waals surface area (Å²) in [5, 5.41) is 14.4. The van der Waals surface area contributed by atoms with Crippen LogP contribution in [0.4, 0.5) is 0 Å². The van der Waals surface area contributed by atoms with Gasteiger partial charge < -0.3 is 21.6 Å². The van der Waals surface area contributed by atoms with E-state index in [4.69, 9.17) is 5.73 Å². The number of carbonyl (C=O) groups excluding carboxylic acids is 2. The molecule has 7 heteroatoms. The van der Waals surface area contributed by atoms with Crippen molar-refractivity contribution < 1.29 is 14.7 Å². The number of benzene rings is 1. The van der Waals surface area contributed by atoms with E-state index < -0.39 is 11.4 Å². The van der Waals surface area contributed by atoms with Crippen LogP contribution in [0.1, 0.15) is 31.4 Å². The summed E-state index contributed by atoms with van der Waals surface area (Å²) < 4.78 is 0. The number of likely N-dealkylation sites (N-methyl/N-ethyl adjacent to an activating group) is 1. The van der Waals surface area contributed by atoms with Crippen molar-refractivity contribution in [1.82, 2.24) is 15.8 Å². The number of hydrogen-bond acceptors (Lipinski definition) is 5. The number of aliphatic hydroxyl groups is 1. The predicted molar refractivity (Wildman–Crippen MR) is 99.6 cm³/mol. The molecule has 2 saturated carbocycles. The number of nitrogens with two attached hydrogens (primary N) is 1. The monoisotopic (exact) mass is 370 g/mol. The van der Waals surface area contributed by atoms with Gasteiger partial charge in [0.2, 0.25) is 5.91 Å². The minimum atomic E-state index is -1.09. The molecule has 0 aromatic heterocycles. The predicted octanol–water partition coefficient (Wildman–Crippen LogP) is 0.439. The number of aliphatic hydroxyl groups excluding tert-OH is 1. The van der Waals surface area contributed by atoms with Crippen molar-refractivity contribution in [2.75, 3.05) is 7.05 Å². The van der Waals surface area contributed by atoms with Gasteiger partial charge in [-0.05, 0) is 49.2 Å². The minimum absolute atomic E-state index is 0.000724. The van der Waals surface area contributed by atoms with Gasteiger partial charge in [0, 0.05) is 7.05 Å². The van der Waals surface area contributed by atoms with Crippen molar-refractivity contribution in [2.24, 2.45) is 23.5 Å². The number of carbonyl (C=O) groups is 2. The number of fused-ring (bicyclic) bond motifs is 1. The zero-order valence-corrected chi connectivity index (χ0v) is 15.6. The molecule has 0 bridgehead atoms. The van der Waals surface area contributed by atoms with E-state index in [1.807, 2.05) is 42.3 Å². The van der Waals surface area contributed by atoms with E-state index in [-0.39, 0.29) is 35.8 Å². The number of hydrogen-bond donors (Lipinski definition) is 4. The van der Waals surface area contributed by atoms with Gasteiger partial charge in [-0.3, -0.25) is 9.59 Å². The Bertz CT molecular complexity index is 784. The summed E-state index contributed by atoms with van der Waals surface area (Å²) >= 11 is 0. The molecule has 7 nitrogen and oxygen atoms in total. The molecule has 144 valence electrons. The Hall–Kier alpha value is -2.38. The molecule has 1 aliphatic heterocycles.